The molecule has 2 unspecified atom stereocenters. The Bertz CT molecular complexity index is 561. The van der Waals surface area contributed by atoms with Gasteiger partial charge in [-0.2, -0.15) is 0 Å². The molecule has 0 aliphatic carbocycles. The third-order valence-electron chi connectivity index (χ3n) is 3.91. The van der Waals surface area contributed by atoms with Crippen LogP contribution in [0.1, 0.15) is 23.6 Å². The van der Waals surface area contributed by atoms with Crippen molar-refractivity contribution in [2.75, 3.05) is 19.8 Å². The van der Waals surface area contributed by atoms with Gasteiger partial charge in [-0.1, -0.05) is 0 Å². The number of benzene rings is 1. The van der Waals surface area contributed by atoms with Gasteiger partial charge in [0.05, 0.1) is 10.4 Å². The maximum atomic E-state index is 11.1. The maximum absolute atomic E-state index is 11.1. The van der Waals surface area contributed by atoms with E-state index in [1.54, 1.807) is 0 Å². The van der Waals surface area contributed by atoms with Gasteiger partial charge >= 0.3 is 5.97 Å². The Morgan fingerprint density at radius 3 is 2.75 bits per heavy atom. The van der Waals surface area contributed by atoms with Gasteiger partial charge in [0, 0.05) is 12.6 Å². The SMILES string of the molecule is Cc1c(C2CC(C(=O)O)CN2)cc(Br)c2c1OCCO2. The summed E-state index contributed by atoms with van der Waals surface area (Å²) in [5.74, 6) is 0.437. The second kappa shape index (κ2) is 5.26. The lowest BCUT2D eigenvalue weighted by Crippen LogP contribution is -2.20. The number of aliphatic carboxylic acids is 1. The predicted molar refractivity (Wildman–Crippen MR) is 76.4 cm³/mol. The second-order valence-corrected chi connectivity index (χ2v) is 6.01. The first-order valence-electron chi connectivity index (χ1n) is 6.62. The summed E-state index contributed by atoms with van der Waals surface area (Å²) in [4.78, 5) is 11.1. The monoisotopic (exact) mass is 341 g/mol. The first-order chi connectivity index (χ1) is 9.58. The number of fused-ring (bicyclic) bond motifs is 1. The minimum atomic E-state index is -0.741. The van der Waals surface area contributed by atoms with Gasteiger partial charge in [0.15, 0.2) is 11.5 Å². The lowest BCUT2D eigenvalue weighted by molar-refractivity contribution is -0.141. The number of hydrogen-bond acceptors (Lipinski definition) is 4. The fourth-order valence-corrected chi connectivity index (χ4v) is 3.38. The van der Waals surface area contributed by atoms with E-state index in [-0.39, 0.29) is 12.0 Å². The van der Waals surface area contributed by atoms with Gasteiger partial charge in [0.2, 0.25) is 0 Å². The molecule has 0 amide bonds. The van der Waals surface area contributed by atoms with Crippen LogP contribution in [0.5, 0.6) is 11.5 Å². The second-order valence-electron chi connectivity index (χ2n) is 5.16. The number of carboxylic acids is 1. The minimum absolute atomic E-state index is 0.0447. The zero-order valence-corrected chi connectivity index (χ0v) is 12.7. The van der Waals surface area contributed by atoms with E-state index in [9.17, 15) is 4.79 Å². The molecule has 0 aromatic heterocycles. The Balaban J connectivity index is 1.95. The molecular weight excluding hydrogens is 326 g/mol. The molecule has 108 valence electrons. The maximum Gasteiger partial charge on any atom is 0.307 e. The highest BCUT2D eigenvalue weighted by atomic mass is 79.9. The summed E-state index contributed by atoms with van der Waals surface area (Å²) >= 11 is 3.51. The van der Waals surface area contributed by atoms with Crippen LogP contribution in [0.3, 0.4) is 0 Å². The van der Waals surface area contributed by atoms with Crippen LogP contribution >= 0.6 is 15.9 Å². The lowest BCUT2D eigenvalue weighted by Gasteiger charge is -2.25. The topological polar surface area (TPSA) is 67.8 Å². The number of rotatable bonds is 2. The van der Waals surface area contributed by atoms with Crippen molar-refractivity contribution in [1.82, 2.24) is 5.32 Å². The molecule has 20 heavy (non-hydrogen) atoms. The van der Waals surface area contributed by atoms with Gasteiger partial charge in [-0.3, -0.25) is 4.79 Å². The van der Waals surface area contributed by atoms with Gasteiger partial charge in [0.25, 0.3) is 0 Å². The summed E-state index contributed by atoms with van der Waals surface area (Å²) in [6, 6.07) is 2.05. The Hall–Kier alpha value is -1.27. The number of halogens is 1. The first-order valence-corrected chi connectivity index (χ1v) is 7.42. The van der Waals surface area contributed by atoms with Crippen molar-refractivity contribution in [3.63, 3.8) is 0 Å². The Morgan fingerprint density at radius 1 is 1.40 bits per heavy atom. The van der Waals surface area contributed by atoms with Crippen LogP contribution < -0.4 is 14.8 Å². The normalized spacial score (nSPS) is 24.7. The van der Waals surface area contributed by atoms with Crippen LogP contribution in [-0.4, -0.2) is 30.8 Å². The third-order valence-corrected chi connectivity index (χ3v) is 4.50. The Labute approximate surface area is 125 Å². The largest absolute Gasteiger partial charge is 0.486 e. The van der Waals surface area contributed by atoms with Crippen molar-refractivity contribution in [3.8, 4) is 11.5 Å². The molecule has 0 spiro atoms. The van der Waals surface area contributed by atoms with Crippen LogP contribution in [-0.2, 0) is 4.79 Å². The minimum Gasteiger partial charge on any atom is -0.486 e. The molecule has 0 bridgehead atoms. The fraction of sp³-hybridized carbons (Fsp3) is 0.500. The van der Waals surface area contributed by atoms with Gasteiger partial charge in [-0.25, -0.2) is 0 Å². The molecule has 1 aromatic carbocycles. The van der Waals surface area contributed by atoms with Crippen molar-refractivity contribution in [2.24, 2.45) is 5.92 Å². The van der Waals surface area contributed by atoms with Crippen molar-refractivity contribution in [1.29, 1.82) is 0 Å². The highest BCUT2D eigenvalue weighted by molar-refractivity contribution is 9.10. The molecule has 6 heteroatoms. The first kappa shape index (κ1) is 13.7. The van der Waals surface area contributed by atoms with Gasteiger partial charge in [-0.05, 0) is 46.5 Å². The number of nitrogens with one attached hydrogen (secondary N) is 1. The summed E-state index contributed by atoms with van der Waals surface area (Å²) in [5.41, 5.74) is 2.09. The van der Waals surface area contributed by atoms with Crippen molar-refractivity contribution >= 4 is 21.9 Å². The summed E-state index contributed by atoms with van der Waals surface area (Å²) in [5, 5.41) is 12.4. The van der Waals surface area contributed by atoms with E-state index in [4.69, 9.17) is 14.6 Å². The molecule has 2 heterocycles. The number of hydrogen-bond donors (Lipinski definition) is 2. The van der Waals surface area contributed by atoms with Crippen molar-refractivity contribution < 1.29 is 19.4 Å². The smallest absolute Gasteiger partial charge is 0.307 e. The van der Waals surface area contributed by atoms with E-state index >= 15 is 0 Å². The highest BCUT2D eigenvalue weighted by Crippen LogP contribution is 2.44. The highest BCUT2D eigenvalue weighted by Gasteiger charge is 2.32. The van der Waals surface area contributed by atoms with Crippen LogP contribution in [0.4, 0.5) is 0 Å². The molecule has 0 radical (unpaired) electrons. The fourth-order valence-electron chi connectivity index (χ4n) is 2.84. The van der Waals surface area contributed by atoms with Gasteiger partial charge in [0.1, 0.15) is 13.2 Å². The van der Waals surface area contributed by atoms with E-state index in [1.807, 2.05) is 13.0 Å². The van der Waals surface area contributed by atoms with Crippen LogP contribution in [0.2, 0.25) is 0 Å². The lowest BCUT2D eigenvalue weighted by atomic mass is 9.95. The van der Waals surface area contributed by atoms with Crippen LogP contribution in [0.15, 0.2) is 10.5 Å². The third kappa shape index (κ3) is 2.27. The van der Waals surface area contributed by atoms with E-state index in [2.05, 4.69) is 21.2 Å². The molecule has 3 rings (SSSR count). The molecule has 2 aliphatic rings. The van der Waals surface area contributed by atoms with Gasteiger partial charge < -0.3 is 19.9 Å². The van der Waals surface area contributed by atoms with Crippen molar-refractivity contribution in [2.45, 2.75) is 19.4 Å². The number of carbonyl (C=O) groups is 1. The van der Waals surface area contributed by atoms with E-state index < -0.39 is 5.97 Å². The van der Waals surface area contributed by atoms with Crippen molar-refractivity contribution in [3.05, 3.63) is 21.7 Å². The molecular formula is C14H16BrNO4. The van der Waals surface area contributed by atoms with Crippen LogP contribution in [0.25, 0.3) is 0 Å². The summed E-state index contributed by atoms with van der Waals surface area (Å²) in [6.07, 6.45) is 0.599. The van der Waals surface area contributed by atoms with Gasteiger partial charge in [-0.15, -0.1) is 0 Å². The zero-order valence-electron chi connectivity index (χ0n) is 11.1. The molecule has 2 atom stereocenters. The van der Waals surface area contributed by atoms with E-state index in [0.29, 0.717) is 26.2 Å². The Kier molecular flexibility index (Phi) is 3.60. The Morgan fingerprint density at radius 2 is 2.10 bits per heavy atom. The molecule has 1 saturated heterocycles. The quantitative estimate of drug-likeness (QED) is 0.863. The summed E-state index contributed by atoms with van der Waals surface area (Å²) in [6.45, 7) is 3.59. The predicted octanol–water partition coefficient (Wildman–Crippen LogP) is 2.26. The van der Waals surface area contributed by atoms with E-state index in [1.165, 1.54) is 0 Å². The molecule has 2 aliphatic heterocycles. The zero-order chi connectivity index (χ0) is 14.3. The standard InChI is InChI=1S/C14H16BrNO4/c1-7-9(11-4-8(6-16-11)14(17)18)5-10(15)13-12(7)19-2-3-20-13/h5,8,11,16H,2-4,6H2,1H3,(H,17,18). The van der Waals surface area contributed by atoms with Crippen LogP contribution in [0, 0.1) is 12.8 Å². The average molecular weight is 342 g/mol. The summed E-state index contributed by atoms with van der Waals surface area (Å²) in [7, 11) is 0. The van der Waals surface area contributed by atoms with E-state index in [0.717, 1.165) is 27.1 Å². The molecule has 1 fully saturated rings. The number of ether oxygens (including phenoxy) is 2. The molecule has 1 aromatic rings. The average Bonchev–Trinajstić information content (AvgIpc) is 2.93. The number of carboxylic acid groups (broad SMARTS) is 1. The molecule has 2 N–H and O–H groups in total. The molecule has 5 nitrogen and oxygen atoms in total. The summed E-state index contributed by atoms with van der Waals surface area (Å²) < 4.78 is 12.2. The molecule has 0 saturated carbocycles.